The Morgan fingerprint density at radius 1 is 1.14 bits per heavy atom. The molecule has 3 aromatic rings. The van der Waals surface area contributed by atoms with Gasteiger partial charge < -0.3 is 24.1 Å². The van der Waals surface area contributed by atoms with Crippen molar-refractivity contribution in [2.45, 2.75) is 52.7 Å². The number of nitrogens with zero attached hydrogens (tertiary/aromatic N) is 2. The van der Waals surface area contributed by atoms with Gasteiger partial charge in [-0.2, -0.15) is 0 Å². The number of carbonyl (C=O) groups excluding carboxylic acids is 3. The molecule has 42 heavy (non-hydrogen) atoms. The van der Waals surface area contributed by atoms with Crippen molar-refractivity contribution in [2.24, 2.45) is 0 Å². The number of ether oxygens (including phenoxy) is 4. The number of Topliss-reactive ketones (excluding diaryl/α,β-unsaturated/α-hetero) is 1. The van der Waals surface area contributed by atoms with Crippen molar-refractivity contribution in [1.29, 1.82) is 0 Å². The first kappa shape index (κ1) is 29.1. The summed E-state index contributed by atoms with van der Waals surface area (Å²) in [4.78, 5) is 45.6. The summed E-state index contributed by atoms with van der Waals surface area (Å²) >= 11 is 0.939. The molecule has 0 spiro atoms. The van der Waals surface area contributed by atoms with Gasteiger partial charge in [0.15, 0.2) is 16.6 Å². The Kier molecular flexibility index (Phi) is 8.22. The Morgan fingerprint density at radius 2 is 1.93 bits per heavy atom. The summed E-state index contributed by atoms with van der Waals surface area (Å²) in [5.74, 6) is -1.01. The van der Waals surface area contributed by atoms with E-state index >= 15 is 0 Å². The van der Waals surface area contributed by atoms with Crippen LogP contribution in [0.15, 0.2) is 42.0 Å². The number of methoxy groups -OCH3 is 1. The maximum absolute atomic E-state index is 13.7. The summed E-state index contributed by atoms with van der Waals surface area (Å²) < 4.78 is 22.4. The normalized spacial score (nSPS) is 19.0. The van der Waals surface area contributed by atoms with Gasteiger partial charge in [0.2, 0.25) is 0 Å². The summed E-state index contributed by atoms with van der Waals surface area (Å²) in [5.41, 5.74) is 2.02. The van der Waals surface area contributed by atoms with Gasteiger partial charge in [-0.25, -0.2) is 9.78 Å². The largest absolute Gasteiger partial charge is 0.507 e. The van der Waals surface area contributed by atoms with E-state index in [4.69, 9.17) is 18.9 Å². The fourth-order valence-electron chi connectivity index (χ4n) is 5.13. The number of ketones is 1. The third-order valence-electron chi connectivity index (χ3n) is 7.02. The average molecular weight is 593 g/mol. The second kappa shape index (κ2) is 11.8. The minimum absolute atomic E-state index is 0.00875. The Labute approximate surface area is 247 Å². The van der Waals surface area contributed by atoms with E-state index < -0.39 is 23.7 Å². The molecule has 0 radical (unpaired) electrons. The van der Waals surface area contributed by atoms with E-state index in [0.29, 0.717) is 53.7 Å². The van der Waals surface area contributed by atoms with Crippen molar-refractivity contribution in [3.05, 3.63) is 69.2 Å². The molecular formula is C31H32N2O8S. The van der Waals surface area contributed by atoms with Crippen LogP contribution in [0.25, 0.3) is 5.76 Å². The quantitative estimate of drug-likeness (QED) is 0.151. The molecule has 0 unspecified atom stereocenters. The number of benzene rings is 2. The molecule has 1 saturated heterocycles. The van der Waals surface area contributed by atoms with E-state index in [1.165, 1.54) is 12.0 Å². The SMILES string of the molecule is CCCOc1ccc([C@H]2/C(=C(\O)c3ccc4c(c3)C[C@@H](C)O4)C(=O)C(=O)N2c2nc(C)c(C(=O)OC)s2)cc1OCC. The highest BCUT2D eigenvalue weighted by Gasteiger charge is 2.48. The average Bonchev–Trinajstić information content (AvgIpc) is 3.63. The zero-order valence-electron chi connectivity index (χ0n) is 24.1. The molecule has 11 heteroatoms. The Bertz CT molecular complexity index is 1590. The van der Waals surface area contributed by atoms with Crippen LogP contribution in [0.5, 0.6) is 17.2 Å². The first-order chi connectivity index (χ1) is 20.2. The lowest BCUT2D eigenvalue weighted by molar-refractivity contribution is -0.132. The lowest BCUT2D eigenvalue weighted by Crippen LogP contribution is -2.29. The number of anilines is 1. The zero-order valence-corrected chi connectivity index (χ0v) is 24.9. The monoisotopic (exact) mass is 592 g/mol. The Balaban J connectivity index is 1.69. The van der Waals surface area contributed by atoms with Crippen LogP contribution in [0.1, 0.15) is 65.3 Å². The molecule has 0 bridgehead atoms. The lowest BCUT2D eigenvalue weighted by Gasteiger charge is -2.24. The second-order valence-corrected chi connectivity index (χ2v) is 11.0. The van der Waals surface area contributed by atoms with E-state index in [-0.39, 0.29) is 27.4 Å². The molecule has 2 aliphatic rings. The predicted octanol–water partition coefficient (Wildman–Crippen LogP) is 5.38. The van der Waals surface area contributed by atoms with Crippen molar-refractivity contribution in [3.8, 4) is 17.2 Å². The van der Waals surface area contributed by atoms with Crippen molar-refractivity contribution in [3.63, 3.8) is 0 Å². The van der Waals surface area contributed by atoms with E-state index in [1.807, 2.05) is 20.8 Å². The summed E-state index contributed by atoms with van der Waals surface area (Å²) in [7, 11) is 1.26. The summed E-state index contributed by atoms with van der Waals surface area (Å²) in [6.45, 7) is 8.25. The van der Waals surface area contributed by atoms with Crippen molar-refractivity contribution in [2.75, 3.05) is 25.2 Å². The molecule has 220 valence electrons. The number of carbonyl (C=O) groups is 3. The van der Waals surface area contributed by atoms with Crippen LogP contribution in [0.4, 0.5) is 5.13 Å². The minimum atomic E-state index is -1.07. The third-order valence-corrected chi connectivity index (χ3v) is 8.16. The molecule has 2 atom stereocenters. The maximum Gasteiger partial charge on any atom is 0.350 e. The minimum Gasteiger partial charge on any atom is -0.507 e. The highest BCUT2D eigenvalue weighted by molar-refractivity contribution is 7.17. The van der Waals surface area contributed by atoms with Crippen LogP contribution < -0.4 is 19.1 Å². The van der Waals surface area contributed by atoms with Crippen LogP contribution >= 0.6 is 11.3 Å². The van der Waals surface area contributed by atoms with E-state index in [1.54, 1.807) is 43.3 Å². The van der Waals surface area contributed by atoms with Gasteiger partial charge in [0.05, 0.1) is 37.6 Å². The van der Waals surface area contributed by atoms with Crippen LogP contribution in [-0.2, 0) is 20.7 Å². The van der Waals surface area contributed by atoms with Gasteiger partial charge >= 0.3 is 11.9 Å². The fraction of sp³-hybridized carbons (Fsp3) is 0.355. The first-order valence-electron chi connectivity index (χ1n) is 13.7. The number of aromatic nitrogens is 1. The van der Waals surface area contributed by atoms with Gasteiger partial charge in [-0.05, 0) is 68.7 Å². The molecule has 1 N–H and O–H groups in total. The molecule has 1 aromatic heterocycles. The molecule has 3 heterocycles. The lowest BCUT2D eigenvalue weighted by atomic mass is 9.94. The summed E-state index contributed by atoms with van der Waals surface area (Å²) in [5, 5.41) is 11.7. The summed E-state index contributed by atoms with van der Waals surface area (Å²) in [6, 6.07) is 9.26. The third kappa shape index (κ3) is 5.20. The maximum atomic E-state index is 13.7. The number of aliphatic hydroxyl groups is 1. The number of thiazole rings is 1. The molecule has 1 amide bonds. The van der Waals surface area contributed by atoms with Crippen LogP contribution in [0.3, 0.4) is 0 Å². The number of esters is 1. The highest BCUT2D eigenvalue weighted by Crippen LogP contribution is 2.46. The number of aryl methyl sites for hydroxylation is 1. The van der Waals surface area contributed by atoms with Gasteiger partial charge in [0.1, 0.15) is 22.5 Å². The number of hydrogen-bond donors (Lipinski definition) is 1. The van der Waals surface area contributed by atoms with Crippen LogP contribution in [0, 0.1) is 6.92 Å². The zero-order chi connectivity index (χ0) is 30.1. The predicted molar refractivity (Wildman–Crippen MR) is 157 cm³/mol. The van der Waals surface area contributed by atoms with E-state index in [0.717, 1.165) is 23.3 Å². The second-order valence-electron chi connectivity index (χ2n) is 10.0. The molecule has 5 rings (SSSR count). The smallest absolute Gasteiger partial charge is 0.350 e. The molecule has 1 fully saturated rings. The Morgan fingerprint density at radius 3 is 2.64 bits per heavy atom. The standard InChI is InChI=1S/C31H32N2O8S/c1-6-12-40-22-11-8-18(15-23(22)39-7-2)25-24(26(34)19-9-10-21-20(14-19)13-16(3)41-21)27(35)29(36)33(25)31-32-17(4)28(42-31)30(37)38-5/h8-11,14-16,25,34H,6-7,12-13H2,1-5H3/b26-24+/t16-,25+/m1/s1. The molecule has 10 nitrogen and oxygen atoms in total. The van der Waals surface area contributed by atoms with Gasteiger partial charge in [0.25, 0.3) is 5.78 Å². The number of hydrogen-bond acceptors (Lipinski definition) is 10. The molecule has 0 aliphatic carbocycles. The summed E-state index contributed by atoms with van der Waals surface area (Å²) in [6.07, 6.45) is 1.44. The van der Waals surface area contributed by atoms with Crippen molar-refractivity contribution < 1.29 is 38.4 Å². The number of aliphatic hydroxyl groups excluding tert-OH is 1. The molecule has 2 aromatic carbocycles. The van der Waals surface area contributed by atoms with Crippen LogP contribution in [-0.4, -0.2) is 54.2 Å². The van der Waals surface area contributed by atoms with Gasteiger partial charge in [-0.15, -0.1) is 0 Å². The number of fused-ring (bicyclic) bond motifs is 1. The first-order valence-corrected chi connectivity index (χ1v) is 14.6. The topological polar surface area (TPSA) is 124 Å². The van der Waals surface area contributed by atoms with Crippen LogP contribution in [0.2, 0.25) is 0 Å². The van der Waals surface area contributed by atoms with E-state index in [9.17, 15) is 19.5 Å². The molecular weight excluding hydrogens is 560 g/mol. The molecule has 0 saturated carbocycles. The highest BCUT2D eigenvalue weighted by atomic mass is 32.1. The number of amides is 1. The van der Waals surface area contributed by atoms with Gasteiger partial charge in [0, 0.05) is 12.0 Å². The van der Waals surface area contributed by atoms with Gasteiger partial charge in [-0.1, -0.05) is 24.3 Å². The van der Waals surface area contributed by atoms with Crippen molar-refractivity contribution >= 4 is 39.9 Å². The fourth-order valence-corrected chi connectivity index (χ4v) is 6.14. The molecule has 2 aliphatic heterocycles. The van der Waals surface area contributed by atoms with Gasteiger partial charge in [-0.3, -0.25) is 14.5 Å². The van der Waals surface area contributed by atoms with Crippen molar-refractivity contribution in [1.82, 2.24) is 4.98 Å². The number of rotatable bonds is 9. The van der Waals surface area contributed by atoms with E-state index in [2.05, 4.69) is 4.98 Å². The Hall–Kier alpha value is -4.38.